The Balaban J connectivity index is 2.14. The smallest absolute Gasteiger partial charge is 0.340 e. The number of hydrogen-bond donors (Lipinski definition) is 2. The average Bonchev–Trinajstić information content (AvgIpc) is 2.43. The maximum atomic E-state index is 11.7. The molecule has 0 aromatic carbocycles. The highest BCUT2D eigenvalue weighted by atomic mass is 32.1. The Morgan fingerprint density at radius 1 is 1.50 bits per heavy atom. The van der Waals surface area contributed by atoms with Crippen molar-refractivity contribution in [1.29, 1.82) is 0 Å². The minimum absolute atomic E-state index is 0.0454. The molecule has 1 saturated carbocycles. The van der Waals surface area contributed by atoms with Crippen LogP contribution in [0.2, 0.25) is 0 Å². The van der Waals surface area contributed by atoms with E-state index in [-0.39, 0.29) is 17.4 Å². The van der Waals surface area contributed by atoms with E-state index in [2.05, 4.69) is 9.69 Å². The summed E-state index contributed by atoms with van der Waals surface area (Å²) in [6.45, 7) is 1.62. The number of carbonyl (C=O) groups excluding carboxylic acids is 1. The summed E-state index contributed by atoms with van der Waals surface area (Å²) in [4.78, 5) is 22.6. The van der Waals surface area contributed by atoms with E-state index in [0.29, 0.717) is 10.7 Å². The predicted octanol–water partition coefficient (Wildman–Crippen LogP) is 1.89. The number of carbonyl (C=O) groups is 2. The molecule has 0 bridgehead atoms. The SMILES string of the molecule is Cc1nsc(NC(=O)C2CCC2)c1C(=O)O. The molecule has 16 heavy (non-hydrogen) atoms. The average molecular weight is 240 g/mol. The number of anilines is 1. The maximum absolute atomic E-state index is 11.7. The molecule has 0 radical (unpaired) electrons. The van der Waals surface area contributed by atoms with Gasteiger partial charge in [0.15, 0.2) is 0 Å². The summed E-state index contributed by atoms with van der Waals surface area (Å²) in [5.74, 6) is -1.09. The van der Waals surface area contributed by atoms with Crippen molar-refractivity contribution in [2.45, 2.75) is 26.2 Å². The Morgan fingerprint density at radius 3 is 2.69 bits per heavy atom. The van der Waals surface area contributed by atoms with E-state index in [9.17, 15) is 9.59 Å². The van der Waals surface area contributed by atoms with Gasteiger partial charge in [0.05, 0.1) is 5.69 Å². The minimum Gasteiger partial charge on any atom is -0.478 e. The lowest BCUT2D eigenvalue weighted by molar-refractivity contribution is -0.122. The van der Waals surface area contributed by atoms with Crippen LogP contribution in [0.5, 0.6) is 0 Å². The van der Waals surface area contributed by atoms with Gasteiger partial charge in [0.1, 0.15) is 10.6 Å². The zero-order valence-corrected chi connectivity index (χ0v) is 9.63. The molecule has 86 valence electrons. The highest BCUT2D eigenvalue weighted by Crippen LogP contribution is 2.30. The summed E-state index contributed by atoms with van der Waals surface area (Å²) < 4.78 is 3.94. The second-order valence-corrected chi connectivity index (χ2v) is 4.67. The van der Waals surface area contributed by atoms with Crippen molar-refractivity contribution in [3.8, 4) is 0 Å². The Bertz CT molecular complexity index is 437. The first-order chi connectivity index (χ1) is 7.59. The Morgan fingerprint density at radius 2 is 2.19 bits per heavy atom. The Labute approximate surface area is 96.6 Å². The zero-order valence-electron chi connectivity index (χ0n) is 8.82. The highest BCUT2D eigenvalue weighted by Gasteiger charge is 2.27. The lowest BCUT2D eigenvalue weighted by Gasteiger charge is -2.23. The number of amides is 1. The summed E-state index contributed by atoms with van der Waals surface area (Å²) in [7, 11) is 0. The van der Waals surface area contributed by atoms with Crippen molar-refractivity contribution in [3.05, 3.63) is 11.3 Å². The molecule has 1 aromatic heterocycles. The second-order valence-electron chi connectivity index (χ2n) is 3.89. The molecule has 1 aliphatic rings. The topological polar surface area (TPSA) is 79.3 Å². The summed E-state index contributed by atoms with van der Waals surface area (Å²) in [6.07, 6.45) is 2.86. The summed E-state index contributed by atoms with van der Waals surface area (Å²) in [5.41, 5.74) is 0.555. The van der Waals surface area contributed by atoms with Crippen LogP contribution < -0.4 is 5.32 Å². The van der Waals surface area contributed by atoms with Gasteiger partial charge in [-0.25, -0.2) is 4.79 Å². The van der Waals surface area contributed by atoms with Crippen molar-refractivity contribution < 1.29 is 14.7 Å². The van der Waals surface area contributed by atoms with Crippen LogP contribution in [0.4, 0.5) is 5.00 Å². The van der Waals surface area contributed by atoms with E-state index in [0.717, 1.165) is 30.8 Å². The van der Waals surface area contributed by atoms with Gasteiger partial charge in [-0.15, -0.1) is 0 Å². The van der Waals surface area contributed by atoms with Gasteiger partial charge in [0.25, 0.3) is 0 Å². The molecule has 6 heteroatoms. The number of rotatable bonds is 3. The second kappa shape index (κ2) is 4.21. The normalized spacial score (nSPS) is 15.6. The Hall–Kier alpha value is -1.43. The van der Waals surface area contributed by atoms with Gasteiger partial charge in [0.2, 0.25) is 5.91 Å². The molecule has 0 aliphatic heterocycles. The van der Waals surface area contributed by atoms with E-state index in [1.807, 2.05) is 0 Å². The first kappa shape index (κ1) is 11.1. The molecule has 1 aromatic rings. The monoisotopic (exact) mass is 240 g/mol. The van der Waals surface area contributed by atoms with Crippen LogP contribution in [0.1, 0.15) is 35.3 Å². The van der Waals surface area contributed by atoms with Crippen LogP contribution in [-0.4, -0.2) is 21.4 Å². The molecule has 1 amide bonds. The van der Waals surface area contributed by atoms with Crippen molar-refractivity contribution in [2.75, 3.05) is 5.32 Å². The van der Waals surface area contributed by atoms with E-state index < -0.39 is 5.97 Å². The van der Waals surface area contributed by atoms with E-state index in [1.54, 1.807) is 6.92 Å². The third kappa shape index (κ3) is 1.92. The molecule has 2 rings (SSSR count). The first-order valence-corrected chi connectivity index (χ1v) is 5.87. The van der Waals surface area contributed by atoms with Crippen LogP contribution in [0.15, 0.2) is 0 Å². The molecular formula is C10H12N2O3S. The van der Waals surface area contributed by atoms with Gasteiger partial charge in [-0.1, -0.05) is 6.42 Å². The van der Waals surface area contributed by atoms with Crippen molar-refractivity contribution in [1.82, 2.24) is 4.37 Å². The molecule has 0 spiro atoms. The summed E-state index contributed by atoms with van der Waals surface area (Å²) >= 11 is 1.02. The van der Waals surface area contributed by atoms with E-state index in [4.69, 9.17) is 5.11 Å². The van der Waals surface area contributed by atoms with Crippen molar-refractivity contribution in [3.63, 3.8) is 0 Å². The van der Waals surface area contributed by atoms with Crippen LogP contribution in [0.3, 0.4) is 0 Å². The summed E-state index contributed by atoms with van der Waals surface area (Å²) in [5, 5.41) is 12.0. The standard InChI is InChI=1S/C10H12N2O3S/c1-5-7(10(14)15)9(16-12-5)11-8(13)6-3-2-4-6/h6H,2-4H2,1H3,(H,11,13)(H,14,15). The fourth-order valence-electron chi connectivity index (χ4n) is 1.59. The maximum Gasteiger partial charge on any atom is 0.340 e. The number of nitrogens with one attached hydrogen (secondary N) is 1. The van der Waals surface area contributed by atoms with Gasteiger partial charge < -0.3 is 10.4 Å². The molecule has 1 fully saturated rings. The van der Waals surface area contributed by atoms with Crippen LogP contribution >= 0.6 is 11.5 Å². The van der Waals surface area contributed by atoms with Crippen LogP contribution in [0.25, 0.3) is 0 Å². The number of carboxylic acid groups (broad SMARTS) is 1. The number of hydrogen-bond acceptors (Lipinski definition) is 4. The number of aromatic carboxylic acids is 1. The van der Waals surface area contributed by atoms with Gasteiger partial charge in [-0.05, 0) is 31.3 Å². The minimum atomic E-state index is -1.05. The number of aromatic nitrogens is 1. The molecule has 1 aliphatic carbocycles. The molecule has 2 N–H and O–H groups in total. The fraction of sp³-hybridized carbons (Fsp3) is 0.500. The quantitative estimate of drug-likeness (QED) is 0.845. The third-order valence-electron chi connectivity index (χ3n) is 2.79. The van der Waals surface area contributed by atoms with Gasteiger partial charge in [-0.2, -0.15) is 4.37 Å². The Kier molecular flexibility index (Phi) is 2.91. The number of carboxylic acids is 1. The molecule has 0 saturated heterocycles. The summed E-state index contributed by atoms with van der Waals surface area (Å²) in [6, 6.07) is 0. The largest absolute Gasteiger partial charge is 0.478 e. The third-order valence-corrected chi connectivity index (χ3v) is 3.64. The van der Waals surface area contributed by atoms with Crippen LogP contribution in [-0.2, 0) is 4.79 Å². The first-order valence-electron chi connectivity index (χ1n) is 5.10. The van der Waals surface area contributed by atoms with Gasteiger partial charge in [-0.3, -0.25) is 4.79 Å². The lowest BCUT2D eigenvalue weighted by atomic mass is 9.85. The molecule has 5 nitrogen and oxygen atoms in total. The number of aryl methyl sites for hydroxylation is 1. The van der Waals surface area contributed by atoms with Gasteiger partial charge in [0, 0.05) is 5.92 Å². The molecule has 0 unspecified atom stereocenters. The van der Waals surface area contributed by atoms with Crippen molar-refractivity contribution in [2.24, 2.45) is 5.92 Å². The van der Waals surface area contributed by atoms with E-state index >= 15 is 0 Å². The molecule has 0 atom stereocenters. The van der Waals surface area contributed by atoms with Crippen LogP contribution in [0, 0.1) is 12.8 Å². The molecular weight excluding hydrogens is 228 g/mol. The zero-order chi connectivity index (χ0) is 11.7. The highest BCUT2D eigenvalue weighted by molar-refractivity contribution is 7.11. The fourth-order valence-corrected chi connectivity index (χ4v) is 2.38. The molecule has 1 heterocycles. The van der Waals surface area contributed by atoms with Crippen molar-refractivity contribution >= 4 is 28.4 Å². The van der Waals surface area contributed by atoms with E-state index in [1.165, 1.54) is 0 Å². The predicted molar refractivity (Wildman–Crippen MR) is 59.8 cm³/mol. The van der Waals surface area contributed by atoms with Gasteiger partial charge >= 0.3 is 5.97 Å². The lowest BCUT2D eigenvalue weighted by Crippen LogP contribution is -2.28. The number of nitrogens with zero attached hydrogens (tertiary/aromatic N) is 1.